The van der Waals surface area contributed by atoms with Gasteiger partial charge in [0.1, 0.15) is 29.2 Å². The lowest BCUT2D eigenvalue weighted by atomic mass is 10.2. The van der Waals surface area contributed by atoms with Crippen LogP contribution in [0, 0.1) is 0 Å². The molecule has 1 saturated heterocycles. The molecule has 8 heteroatoms. The van der Waals surface area contributed by atoms with Gasteiger partial charge in [-0.05, 0) is 42.7 Å². The van der Waals surface area contributed by atoms with Crippen LogP contribution in [-0.2, 0) is 16.1 Å². The summed E-state index contributed by atoms with van der Waals surface area (Å²) in [4.78, 5) is 12.1. The molecular formula is C21H21N3O4S. The summed E-state index contributed by atoms with van der Waals surface area (Å²) in [7, 11) is 0. The first-order chi connectivity index (χ1) is 14.3. The van der Waals surface area contributed by atoms with E-state index in [0.717, 1.165) is 35.8 Å². The molecule has 0 bridgehead atoms. The summed E-state index contributed by atoms with van der Waals surface area (Å²) in [6.07, 6.45) is 1.96. The maximum absolute atomic E-state index is 12.1. The number of aromatic nitrogens is 2. The smallest absolute Gasteiger partial charge is 0.264 e. The fourth-order valence-corrected chi connectivity index (χ4v) is 3.71. The third-order valence-corrected chi connectivity index (χ3v) is 5.26. The van der Waals surface area contributed by atoms with Crippen LogP contribution in [0.2, 0.25) is 0 Å². The second-order valence-electron chi connectivity index (χ2n) is 6.53. The van der Waals surface area contributed by atoms with Gasteiger partial charge in [0.05, 0.1) is 0 Å². The normalized spacial score (nSPS) is 15.8. The molecule has 2 heterocycles. The van der Waals surface area contributed by atoms with E-state index in [-0.39, 0.29) is 18.6 Å². The van der Waals surface area contributed by atoms with Gasteiger partial charge in [-0.15, -0.1) is 10.2 Å². The zero-order valence-electron chi connectivity index (χ0n) is 15.7. The van der Waals surface area contributed by atoms with Crippen LogP contribution in [0.4, 0.5) is 5.13 Å². The molecule has 1 fully saturated rings. The maximum atomic E-state index is 12.1. The molecule has 1 aromatic heterocycles. The molecule has 1 atom stereocenters. The summed E-state index contributed by atoms with van der Waals surface area (Å²) in [5, 5.41) is 12.0. The molecule has 0 saturated carbocycles. The average molecular weight is 411 g/mol. The van der Waals surface area contributed by atoms with Crippen molar-refractivity contribution in [1.82, 2.24) is 10.2 Å². The van der Waals surface area contributed by atoms with E-state index < -0.39 is 0 Å². The topological polar surface area (TPSA) is 82.6 Å². The first kappa shape index (κ1) is 19.4. The van der Waals surface area contributed by atoms with Gasteiger partial charge in [0.25, 0.3) is 5.91 Å². The number of hydrogen-bond acceptors (Lipinski definition) is 7. The third-order valence-electron chi connectivity index (χ3n) is 4.33. The van der Waals surface area contributed by atoms with Crippen molar-refractivity contribution in [2.24, 2.45) is 0 Å². The molecule has 0 aliphatic carbocycles. The number of rotatable bonds is 8. The van der Waals surface area contributed by atoms with E-state index in [1.807, 2.05) is 42.5 Å². The summed E-state index contributed by atoms with van der Waals surface area (Å²) in [5.74, 6) is 1.04. The van der Waals surface area contributed by atoms with E-state index in [1.54, 1.807) is 12.1 Å². The molecule has 1 aliphatic rings. The molecule has 1 aliphatic heterocycles. The second-order valence-corrected chi connectivity index (χ2v) is 7.54. The highest BCUT2D eigenvalue weighted by atomic mass is 32.1. The molecule has 2 aromatic carbocycles. The van der Waals surface area contributed by atoms with Gasteiger partial charge in [-0.25, -0.2) is 0 Å². The van der Waals surface area contributed by atoms with Gasteiger partial charge in [-0.2, -0.15) is 0 Å². The molecule has 7 nitrogen and oxygen atoms in total. The molecule has 150 valence electrons. The Kier molecular flexibility index (Phi) is 6.33. The first-order valence-electron chi connectivity index (χ1n) is 9.41. The van der Waals surface area contributed by atoms with Crippen molar-refractivity contribution in [3.8, 4) is 11.5 Å². The van der Waals surface area contributed by atoms with Crippen molar-refractivity contribution in [3.05, 3.63) is 65.2 Å². The van der Waals surface area contributed by atoms with E-state index in [2.05, 4.69) is 15.5 Å². The predicted octanol–water partition coefficient (Wildman–Crippen LogP) is 3.99. The second kappa shape index (κ2) is 9.49. The van der Waals surface area contributed by atoms with Crippen molar-refractivity contribution in [3.63, 3.8) is 0 Å². The minimum atomic E-state index is -0.288. The summed E-state index contributed by atoms with van der Waals surface area (Å²) in [5.41, 5.74) is 1.10. The van der Waals surface area contributed by atoms with Gasteiger partial charge >= 0.3 is 0 Å². The van der Waals surface area contributed by atoms with Crippen LogP contribution in [0.1, 0.15) is 29.5 Å². The van der Waals surface area contributed by atoms with E-state index in [0.29, 0.717) is 17.5 Å². The Bertz CT molecular complexity index is 925. The van der Waals surface area contributed by atoms with Crippen molar-refractivity contribution in [2.75, 3.05) is 18.5 Å². The molecule has 29 heavy (non-hydrogen) atoms. The molecule has 0 spiro atoms. The fraction of sp³-hybridized carbons (Fsp3) is 0.286. The zero-order chi connectivity index (χ0) is 19.9. The number of ether oxygens (including phenoxy) is 3. The Morgan fingerprint density at radius 3 is 2.55 bits per heavy atom. The number of anilines is 1. The highest BCUT2D eigenvalue weighted by molar-refractivity contribution is 7.15. The van der Waals surface area contributed by atoms with Crippen LogP contribution in [0.3, 0.4) is 0 Å². The van der Waals surface area contributed by atoms with E-state index in [4.69, 9.17) is 14.2 Å². The fourth-order valence-electron chi connectivity index (χ4n) is 2.86. The maximum Gasteiger partial charge on any atom is 0.264 e. The third kappa shape index (κ3) is 5.52. The van der Waals surface area contributed by atoms with Crippen LogP contribution in [0.15, 0.2) is 54.6 Å². The molecule has 1 N–H and O–H groups in total. The van der Waals surface area contributed by atoms with Crippen molar-refractivity contribution < 1.29 is 19.0 Å². The number of amides is 1. The van der Waals surface area contributed by atoms with Gasteiger partial charge in [0, 0.05) is 6.61 Å². The molecule has 1 amide bonds. The Balaban J connectivity index is 1.22. The molecule has 4 rings (SSSR count). The van der Waals surface area contributed by atoms with Crippen molar-refractivity contribution >= 4 is 22.4 Å². The van der Waals surface area contributed by atoms with E-state index >= 15 is 0 Å². The number of nitrogens with zero attached hydrogens (tertiary/aromatic N) is 2. The summed E-state index contributed by atoms with van der Waals surface area (Å²) in [6.45, 7) is 1.13. The summed E-state index contributed by atoms with van der Waals surface area (Å²) in [6, 6.07) is 17.1. The van der Waals surface area contributed by atoms with Crippen LogP contribution in [0.5, 0.6) is 11.5 Å². The van der Waals surface area contributed by atoms with Crippen LogP contribution < -0.4 is 14.8 Å². The van der Waals surface area contributed by atoms with Gasteiger partial charge in [0.2, 0.25) is 5.13 Å². The van der Waals surface area contributed by atoms with Crippen LogP contribution in [-0.4, -0.2) is 29.3 Å². The largest absolute Gasteiger partial charge is 0.489 e. The number of nitrogens with one attached hydrogen (secondary N) is 1. The summed E-state index contributed by atoms with van der Waals surface area (Å²) < 4.78 is 16.8. The van der Waals surface area contributed by atoms with Gasteiger partial charge < -0.3 is 14.2 Å². The van der Waals surface area contributed by atoms with Crippen molar-refractivity contribution in [2.45, 2.75) is 25.6 Å². The Morgan fingerprint density at radius 2 is 1.83 bits per heavy atom. The number of benzene rings is 2. The van der Waals surface area contributed by atoms with Gasteiger partial charge in [-0.3, -0.25) is 10.1 Å². The van der Waals surface area contributed by atoms with Crippen LogP contribution in [0.25, 0.3) is 0 Å². The highest BCUT2D eigenvalue weighted by Crippen LogP contribution is 2.31. The Labute approximate surface area is 172 Å². The van der Waals surface area contributed by atoms with Crippen LogP contribution >= 0.6 is 11.3 Å². The van der Waals surface area contributed by atoms with E-state index in [9.17, 15) is 4.79 Å². The van der Waals surface area contributed by atoms with Gasteiger partial charge in [0.15, 0.2) is 6.61 Å². The molecule has 0 radical (unpaired) electrons. The minimum absolute atomic E-state index is 0.00275. The first-order valence-corrected chi connectivity index (χ1v) is 10.2. The van der Waals surface area contributed by atoms with E-state index in [1.165, 1.54) is 11.3 Å². The lowest BCUT2D eigenvalue weighted by molar-refractivity contribution is -0.118. The summed E-state index contributed by atoms with van der Waals surface area (Å²) >= 11 is 1.33. The van der Waals surface area contributed by atoms with Gasteiger partial charge in [-0.1, -0.05) is 41.7 Å². The number of carbonyl (C=O) groups excluding carboxylic acids is 1. The lowest BCUT2D eigenvalue weighted by Gasteiger charge is -2.08. The molecular weight excluding hydrogens is 390 g/mol. The zero-order valence-corrected chi connectivity index (χ0v) is 16.6. The standard InChI is InChI=1S/C21H21N3O4S/c25-19(22-21-24-23-20(29-21)18-7-4-12-26-18)14-28-17-10-8-16(9-11-17)27-13-15-5-2-1-3-6-15/h1-3,5-6,8-11,18H,4,7,12-14H2,(H,22,24,25). The minimum Gasteiger partial charge on any atom is -0.489 e. The lowest BCUT2D eigenvalue weighted by Crippen LogP contribution is -2.20. The monoisotopic (exact) mass is 411 g/mol. The quantitative estimate of drug-likeness (QED) is 0.604. The van der Waals surface area contributed by atoms with Crippen molar-refractivity contribution in [1.29, 1.82) is 0 Å². The molecule has 1 unspecified atom stereocenters. The Hall–Kier alpha value is -2.97. The highest BCUT2D eigenvalue weighted by Gasteiger charge is 2.22. The molecule has 3 aromatic rings. The number of hydrogen-bond donors (Lipinski definition) is 1. The average Bonchev–Trinajstić information content (AvgIpc) is 3.44. The predicted molar refractivity (Wildman–Crippen MR) is 109 cm³/mol. The SMILES string of the molecule is O=C(COc1ccc(OCc2ccccc2)cc1)Nc1nnc(C2CCCO2)s1. The number of carbonyl (C=O) groups is 1. The Morgan fingerprint density at radius 1 is 1.07 bits per heavy atom.